The van der Waals surface area contributed by atoms with E-state index in [1.54, 1.807) is 54.6 Å². The number of carbonyl (C=O) groups excluding carboxylic acids is 1. The number of hydrogen-bond acceptors (Lipinski definition) is 4. The molecule has 0 heterocycles. The zero-order valence-corrected chi connectivity index (χ0v) is 19.1. The molecule has 2 aromatic rings. The summed E-state index contributed by atoms with van der Waals surface area (Å²) in [5, 5.41) is 8.93. The van der Waals surface area contributed by atoms with Crippen LogP contribution in [0.25, 0.3) is 6.08 Å². The van der Waals surface area contributed by atoms with Gasteiger partial charge in [-0.05, 0) is 61.4 Å². The molecule has 5 nitrogen and oxygen atoms in total. The van der Waals surface area contributed by atoms with Gasteiger partial charge in [0.15, 0.2) is 0 Å². The van der Waals surface area contributed by atoms with Crippen molar-refractivity contribution in [1.82, 2.24) is 0 Å². The lowest BCUT2D eigenvalue weighted by Crippen LogP contribution is -2.08. The SMILES string of the molecule is CCCCCCCCCCOc1ccc(C(=O)Oc2ccc(C=C(C)C(=O)O)cc2)cc1. The predicted molar refractivity (Wildman–Crippen MR) is 127 cm³/mol. The van der Waals surface area contributed by atoms with Gasteiger partial charge in [0.2, 0.25) is 0 Å². The molecule has 2 aromatic carbocycles. The van der Waals surface area contributed by atoms with E-state index in [2.05, 4.69) is 6.92 Å². The maximum Gasteiger partial charge on any atom is 0.343 e. The summed E-state index contributed by atoms with van der Waals surface area (Å²) in [6, 6.07) is 13.6. The summed E-state index contributed by atoms with van der Waals surface area (Å²) < 4.78 is 11.2. The predicted octanol–water partition coefficient (Wildman–Crippen LogP) is 6.91. The lowest BCUT2D eigenvalue weighted by atomic mass is 10.1. The molecule has 0 amide bonds. The van der Waals surface area contributed by atoms with E-state index in [4.69, 9.17) is 14.6 Å². The first kappa shape index (κ1) is 25.2. The Kier molecular flexibility index (Phi) is 11.1. The Bertz CT molecular complexity index is 866. The lowest BCUT2D eigenvalue weighted by molar-refractivity contribution is -0.132. The van der Waals surface area contributed by atoms with Crippen LogP contribution in [-0.2, 0) is 4.79 Å². The molecule has 1 N–H and O–H groups in total. The molecule has 0 radical (unpaired) electrons. The first-order valence-corrected chi connectivity index (χ1v) is 11.5. The summed E-state index contributed by atoms with van der Waals surface area (Å²) in [6.45, 7) is 4.44. The van der Waals surface area contributed by atoms with Gasteiger partial charge >= 0.3 is 11.9 Å². The van der Waals surface area contributed by atoms with Gasteiger partial charge in [-0.2, -0.15) is 0 Å². The van der Waals surface area contributed by atoms with Crippen LogP contribution in [0.3, 0.4) is 0 Å². The molecule has 32 heavy (non-hydrogen) atoms. The fraction of sp³-hybridized carbons (Fsp3) is 0.407. The molecule has 0 aliphatic heterocycles. The maximum absolute atomic E-state index is 12.4. The van der Waals surface area contributed by atoms with Crippen LogP contribution in [0, 0.1) is 0 Å². The maximum atomic E-state index is 12.4. The Labute approximate surface area is 191 Å². The van der Waals surface area contributed by atoms with E-state index in [9.17, 15) is 9.59 Å². The number of carboxylic acid groups (broad SMARTS) is 1. The molecular formula is C27H34O5. The van der Waals surface area contributed by atoms with Gasteiger partial charge in [0, 0.05) is 5.57 Å². The highest BCUT2D eigenvalue weighted by Crippen LogP contribution is 2.18. The first-order valence-electron chi connectivity index (χ1n) is 11.5. The minimum atomic E-state index is -0.967. The number of esters is 1. The largest absolute Gasteiger partial charge is 0.494 e. The van der Waals surface area contributed by atoms with Crippen LogP contribution >= 0.6 is 0 Å². The summed E-state index contributed by atoms with van der Waals surface area (Å²) in [6.07, 6.45) is 11.6. The summed E-state index contributed by atoms with van der Waals surface area (Å²) in [7, 11) is 0. The molecule has 5 heteroatoms. The molecule has 172 valence electrons. The zero-order chi connectivity index (χ0) is 23.2. The zero-order valence-electron chi connectivity index (χ0n) is 19.1. The van der Waals surface area contributed by atoms with Crippen LogP contribution in [0.2, 0.25) is 0 Å². The minimum absolute atomic E-state index is 0.236. The van der Waals surface area contributed by atoms with Gasteiger partial charge < -0.3 is 14.6 Å². The highest BCUT2D eigenvalue weighted by Gasteiger charge is 2.09. The number of hydrogen-bond donors (Lipinski definition) is 1. The fourth-order valence-corrected chi connectivity index (χ4v) is 3.22. The molecule has 0 fully saturated rings. The van der Waals surface area contributed by atoms with Crippen LogP contribution in [0.15, 0.2) is 54.1 Å². The molecule has 0 aromatic heterocycles. The van der Waals surface area contributed by atoms with E-state index in [0.29, 0.717) is 17.9 Å². The van der Waals surface area contributed by atoms with Crippen molar-refractivity contribution in [3.05, 3.63) is 65.2 Å². The topological polar surface area (TPSA) is 72.8 Å². The van der Waals surface area contributed by atoms with Gasteiger partial charge in [-0.1, -0.05) is 64.0 Å². The summed E-state index contributed by atoms with van der Waals surface area (Å²) in [5.41, 5.74) is 1.40. The van der Waals surface area contributed by atoms with Crippen molar-refractivity contribution in [2.45, 2.75) is 65.2 Å². The number of rotatable bonds is 14. The molecule has 0 aliphatic rings. The molecule has 0 aliphatic carbocycles. The second-order valence-corrected chi connectivity index (χ2v) is 7.94. The van der Waals surface area contributed by atoms with Gasteiger partial charge in [0.05, 0.1) is 12.2 Å². The molecular weight excluding hydrogens is 404 g/mol. The average molecular weight is 439 g/mol. The third kappa shape index (κ3) is 9.38. The Morgan fingerprint density at radius 3 is 1.97 bits per heavy atom. The highest BCUT2D eigenvalue weighted by atomic mass is 16.5. The lowest BCUT2D eigenvalue weighted by Gasteiger charge is -2.08. The van der Waals surface area contributed by atoms with E-state index in [1.165, 1.54) is 51.9 Å². The van der Waals surface area contributed by atoms with Crippen LogP contribution < -0.4 is 9.47 Å². The number of carbonyl (C=O) groups is 2. The van der Waals surface area contributed by atoms with Crippen molar-refractivity contribution in [3.63, 3.8) is 0 Å². The van der Waals surface area contributed by atoms with Gasteiger partial charge in [0.25, 0.3) is 0 Å². The molecule has 0 saturated carbocycles. The van der Waals surface area contributed by atoms with E-state index in [1.807, 2.05) is 0 Å². The van der Waals surface area contributed by atoms with E-state index in [-0.39, 0.29) is 5.57 Å². The molecule has 0 bridgehead atoms. The van der Waals surface area contributed by atoms with Crippen LogP contribution in [-0.4, -0.2) is 23.7 Å². The highest BCUT2D eigenvalue weighted by molar-refractivity contribution is 5.92. The second-order valence-electron chi connectivity index (χ2n) is 7.94. The van der Waals surface area contributed by atoms with Crippen LogP contribution in [0.1, 0.15) is 81.1 Å². The molecule has 0 unspecified atom stereocenters. The summed E-state index contributed by atoms with van der Waals surface area (Å²) in [4.78, 5) is 23.2. The summed E-state index contributed by atoms with van der Waals surface area (Å²) >= 11 is 0. The number of carboxylic acids is 1. The van der Waals surface area contributed by atoms with Crippen molar-refractivity contribution < 1.29 is 24.2 Å². The molecule has 2 rings (SSSR count). The number of benzene rings is 2. The van der Waals surface area contributed by atoms with Crippen molar-refractivity contribution >= 4 is 18.0 Å². The number of aliphatic carboxylic acids is 1. The van der Waals surface area contributed by atoms with Crippen molar-refractivity contribution in [2.24, 2.45) is 0 Å². The van der Waals surface area contributed by atoms with Crippen LogP contribution in [0.5, 0.6) is 11.5 Å². The Morgan fingerprint density at radius 1 is 0.812 bits per heavy atom. The number of unbranched alkanes of at least 4 members (excludes halogenated alkanes) is 7. The quantitative estimate of drug-likeness (QED) is 0.150. The smallest absolute Gasteiger partial charge is 0.343 e. The van der Waals surface area contributed by atoms with Gasteiger partial charge in [-0.3, -0.25) is 0 Å². The monoisotopic (exact) mass is 438 g/mol. The van der Waals surface area contributed by atoms with Crippen molar-refractivity contribution in [3.8, 4) is 11.5 Å². The first-order chi connectivity index (χ1) is 15.5. The Balaban J connectivity index is 1.72. The van der Waals surface area contributed by atoms with E-state index < -0.39 is 11.9 Å². The van der Waals surface area contributed by atoms with Crippen molar-refractivity contribution in [1.29, 1.82) is 0 Å². The van der Waals surface area contributed by atoms with Gasteiger partial charge in [-0.25, -0.2) is 9.59 Å². The molecule has 0 spiro atoms. The normalized spacial score (nSPS) is 11.2. The third-order valence-electron chi connectivity index (χ3n) is 5.17. The number of ether oxygens (including phenoxy) is 2. The van der Waals surface area contributed by atoms with Gasteiger partial charge in [-0.15, -0.1) is 0 Å². The van der Waals surface area contributed by atoms with Gasteiger partial charge in [0.1, 0.15) is 11.5 Å². The Hall–Kier alpha value is -3.08. The molecule has 0 saturated heterocycles. The molecule has 0 atom stereocenters. The van der Waals surface area contributed by atoms with Crippen LogP contribution in [0.4, 0.5) is 0 Å². The fourth-order valence-electron chi connectivity index (χ4n) is 3.22. The standard InChI is InChI=1S/C27H34O5/c1-3-4-5-6-7-8-9-10-19-31-24-17-13-23(14-18-24)27(30)32-25-15-11-22(12-16-25)20-21(2)26(28)29/h11-18,20H,3-10,19H2,1-2H3,(H,28,29). The minimum Gasteiger partial charge on any atom is -0.494 e. The van der Waals surface area contributed by atoms with Crippen molar-refractivity contribution in [2.75, 3.05) is 6.61 Å². The van der Waals surface area contributed by atoms with E-state index >= 15 is 0 Å². The Morgan fingerprint density at radius 2 is 1.38 bits per heavy atom. The average Bonchev–Trinajstić information content (AvgIpc) is 2.79. The third-order valence-corrected chi connectivity index (χ3v) is 5.17. The van der Waals surface area contributed by atoms with E-state index in [0.717, 1.165) is 17.7 Å². The second kappa shape index (κ2) is 14.1. The summed E-state index contributed by atoms with van der Waals surface area (Å²) in [5.74, 6) is -0.278.